The Bertz CT molecular complexity index is 1150. The van der Waals surface area contributed by atoms with Crippen molar-refractivity contribution in [2.24, 2.45) is 9.98 Å². The van der Waals surface area contributed by atoms with Gasteiger partial charge in [-0.05, 0) is 67.2 Å². The van der Waals surface area contributed by atoms with Crippen molar-refractivity contribution in [1.29, 1.82) is 0 Å². The number of phenolic OH excluding ortho intramolecular Hbond substituents is 2. The Hall–Kier alpha value is -2.62. The molecule has 0 bridgehead atoms. The minimum Gasteiger partial charge on any atom is -0.507 e. The van der Waals surface area contributed by atoms with Gasteiger partial charge in [0.25, 0.3) is 0 Å². The number of rotatable bonds is 5. The smallest absolute Gasteiger partial charge is 0.128 e. The summed E-state index contributed by atoms with van der Waals surface area (Å²) in [7, 11) is 0. The van der Waals surface area contributed by atoms with Crippen molar-refractivity contribution < 1.29 is 10.2 Å². The minimum absolute atomic E-state index is 0.0566. The van der Waals surface area contributed by atoms with Crippen molar-refractivity contribution in [3.8, 4) is 11.5 Å². The van der Waals surface area contributed by atoms with Crippen LogP contribution in [-0.2, 0) is 16.2 Å². The average molecular weight is 493 g/mol. The lowest BCUT2D eigenvalue weighted by Gasteiger charge is -2.35. The summed E-state index contributed by atoms with van der Waals surface area (Å²) >= 11 is 0. The molecule has 36 heavy (non-hydrogen) atoms. The molecule has 0 heterocycles. The Morgan fingerprint density at radius 3 is 1.44 bits per heavy atom. The highest BCUT2D eigenvalue weighted by molar-refractivity contribution is 5.86. The summed E-state index contributed by atoms with van der Waals surface area (Å²) in [6.45, 7) is 27.3. The van der Waals surface area contributed by atoms with Gasteiger partial charge < -0.3 is 10.2 Å². The maximum atomic E-state index is 11.1. The van der Waals surface area contributed by atoms with Crippen LogP contribution in [0, 0.1) is 0 Å². The summed E-state index contributed by atoms with van der Waals surface area (Å²) < 4.78 is 0. The number of hydrogen-bond donors (Lipinski definition) is 2. The lowest BCUT2D eigenvalue weighted by Crippen LogP contribution is -2.42. The molecule has 0 atom stereocenters. The summed E-state index contributed by atoms with van der Waals surface area (Å²) in [5.41, 5.74) is 2.82. The Balaban J connectivity index is 2.48. The van der Waals surface area contributed by atoms with E-state index in [4.69, 9.17) is 9.98 Å². The second-order valence-electron chi connectivity index (χ2n) is 14.1. The van der Waals surface area contributed by atoms with E-state index in [1.807, 2.05) is 52.0 Å². The molecule has 2 N–H and O–H groups in total. The van der Waals surface area contributed by atoms with Gasteiger partial charge in [0.2, 0.25) is 0 Å². The first-order chi connectivity index (χ1) is 16.1. The molecule has 0 aromatic heterocycles. The number of para-hydroxylation sites is 1. The van der Waals surface area contributed by atoms with Crippen molar-refractivity contribution in [2.45, 2.75) is 117 Å². The summed E-state index contributed by atoms with van der Waals surface area (Å²) in [4.78, 5) is 9.80. The van der Waals surface area contributed by atoms with E-state index in [1.54, 1.807) is 12.4 Å². The van der Waals surface area contributed by atoms with Crippen LogP contribution in [0.2, 0.25) is 0 Å². The molecule has 2 aromatic carbocycles. The predicted octanol–water partition coefficient (Wildman–Crippen LogP) is 8.09. The van der Waals surface area contributed by atoms with Gasteiger partial charge in [0.05, 0.1) is 11.1 Å². The molecule has 4 heteroatoms. The molecule has 0 aliphatic heterocycles. The molecule has 0 saturated heterocycles. The van der Waals surface area contributed by atoms with Gasteiger partial charge in [-0.25, -0.2) is 0 Å². The van der Waals surface area contributed by atoms with E-state index < -0.39 is 11.1 Å². The van der Waals surface area contributed by atoms with Crippen LogP contribution >= 0.6 is 0 Å². The Morgan fingerprint density at radius 2 is 1.00 bits per heavy atom. The number of aromatic hydroxyl groups is 2. The van der Waals surface area contributed by atoms with Gasteiger partial charge in [-0.15, -0.1) is 0 Å². The zero-order valence-corrected chi connectivity index (χ0v) is 24.8. The van der Waals surface area contributed by atoms with Gasteiger partial charge in [0.1, 0.15) is 11.5 Å². The Labute approximate surface area is 219 Å². The first-order valence-electron chi connectivity index (χ1n) is 12.9. The lowest BCUT2D eigenvalue weighted by molar-refractivity contribution is 0.317. The second-order valence-corrected chi connectivity index (χ2v) is 14.1. The fourth-order valence-electron chi connectivity index (χ4n) is 3.81. The summed E-state index contributed by atoms with van der Waals surface area (Å²) in [6.07, 6.45) is 3.53. The highest BCUT2D eigenvalue weighted by atomic mass is 16.3. The van der Waals surface area contributed by atoms with E-state index in [2.05, 4.69) is 68.4 Å². The maximum Gasteiger partial charge on any atom is 0.128 e. The SMILES string of the molecule is CC(C)(C)c1cc(C=NC(C)(C)C(C)(C)N=Cc2cccc(C(C)(C)C)c2O)c(O)c(C(C)(C)C)c1. The van der Waals surface area contributed by atoms with Crippen LogP contribution in [0.5, 0.6) is 11.5 Å². The monoisotopic (exact) mass is 492 g/mol. The molecule has 198 valence electrons. The first-order valence-corrected chi connectivity index (χ1v) is 12.9. The van der Waals surface area contributed by atoms with E-state index in [1.165, 1.54) is 0 Å². The Kier molecular flexibility index (Phi) is 7.97. The minimum atomic E-state index is -0.577. The molecular formula is C32H48N2O2. The number of benzene rings is 2. The lowest BCUT2D eigenvalue weighted by atomic mass is 9.79. The standard InChI is InChI=1S/C32H48N2O2/c1-28(2,3)23-17-22(27(36)25(18-23)30(7,8)9)20-34-32(12,13)31(10,11)33-19-21-15-14-16-24(26(21)35)29(4,5)6/h14-20,35-36H,1-13H3. The highest BCUT2D eigenvalue weighted by Crippen LogP contribution is 2.38. The molecule has 4 nitrogen and oxygen atoms in total. The van der Waals surface area contributed by atoms with E-state index in [0.29, 0.717) is 5.56 Å². The average Bonchev–Trinajstić information content (AvgIpc) is 2.69. The molecule has 0 unspecified atom stereocenters. The van der Waals surface area contributed by atoms with E-state index in [-0.39, 0.29) is 27.7 Å². The van der Waals surface area contributed by atoms with Crippen LogP contribution in [-0.4, -0.2) is 33.7 Å². The van der Waals surface area contributed by atoms with Crippen LogP contribution < -0.4 is 0 Å². The van der Waals surface area contributed by atoms with Crippen LogP contribution in [0.15, 0.2) is 40.3 Å². The zero-order valence-electron chi connectivity index (χ0n) is 24.8. The fourth-order valence-corrected chi connectivity index (χ4v) is 3.81. The van der Waals surface area contributed by atoms with Crippen molar-refractivity contribution in [3.05, 3.63) is 58.1 Å². The zero-order chi connectivity index (χ0) is 27.9. The molecule has 2 rings (SSSR count). The summed E-state index contributed by atoms with van der Waals surface area (Å²) in [5.74, 6) is 0.546. The van der Waals surface area contributed by atoms with Gasteiger partial charge >= 0.3 is 0 Å². The number of hydrogen-bond acceptors (Lipinski definition) is 4. The van der Waals surface area contributed by atoms with Crippen molar-refractivity contribution in [2.75, 3.05) is 0 Å². The maximum absolute atomic E-state index is 11.1. The molecule has 0 aliphatic rings. The third kappa shape index (κ3) is 6.57. The molecule has 0 amide bonds. The van der Waals surface area contributed by atoms with Gasteiger partial charge in [-0.2, -0.15) is 0 Å². The molecule has 0 saturated carbocycles. The van der Waals surface area contributed by atoms with Crippen LogP contribution in [0.25, 0.3) is 0 Å². The van der Waals surface area contributed by atoms with Crippen LogP contribution in [0.3, 0.4) is 0 Å². The molecule has 2 aromatic rings. The predicted molar refractivity (Wildman–Crippen MR) is 156 cm³/mol. The third-order valence-electron chi connectivity index (χ3n) is 7.24. The van der Waals surface area contributed by atoms with Crippen molar-refractivity contribution in [1.82, 2.24) is 0 Å². The van der Waals surface area contributed by atoms with E-state index in [0.717, 1.165) is 22.3 Å². The number of aliphatic imine (C=N–C) groups is 2. The van der Waals surface area contributed by atoms with E-state index in [9.17, 15) is 10.2 Å². The Morgan fingerprint density at radius 1 is 0.556 bits per heavy atom. The van der Waals surface area contributed by atoms with Gasteiger partial charge in [-0.3, -0.25) is 9.98 Å². The second kappa shape index (κ2) is 9.68. The number of nitrogens with zero attached hydrogens (tertiary/aromatic N) is 2. The summed E-state index contributed by atoms with van der Waals surface area (Å²) in [5, 5.41) is 22.0. The molecule has 0 aliphatic carbocycles. The highest BCUT2D eigenvalue weighted by Gasteiger charge is 2.36. The van der Waals surface area contributed by atoms with Crippen molar-refractivity contribution in [3.63, 3.8) is 0 Å². The van der Waals surface area contributed by atoms with Gasteiger partial charge in [0, 0.05) is 29.1 Å². The number of phenols is 2. The normalized spacial score (nSPS) is 14.2. The molecular weight excluding hydrogens is 444 g/mol. The van der Waals surface area contributed by atoms with Crippen molar-refractivity contribution >= 4 is 12.4 Å². The first kappa shape index (κ1) is 29.6. The largest absolute Gasteiger partial charge is 0.507 e. The fraction of sp³-hybridized carbons (Fsp3) is 0.562. The van der Waals surface area contributed by atoms with Gasteiger partial charge in [0.15, 0.2) is 0 Å². The van der Waals surface area contributed by atoms with E-state index >= 15 is 0 Å². The quantitative estimate of drug-likeness (QED) is 0.414. The molecule has 0 spiro atoms. The third-order valence-corrected chi connectivity index (χ3v) is 7.24. The van der Waals surface area contributed by atoms with Gasteiger partial charge in [-0.1, -0.05) is 80.5 Å². The van der Waals surface area contributed by atoms with Crippen LogP contribution in [0.4, 0.5) is 0 Å². The van der Waals surface area contributed by atoms with Crippen LogP contribution in [0.1, 0.15) is 118 Å². The molecule has 0 fully saturated rings. The summed E-state index contributed by atoms with van der Waals surface area (Å²) in [6, 6.07) is 9.94. The molecule has 0 radical (unpaired) electrons. The topological polar surface area (TPSA) is 65.2 Å².